The molecule has 0 saturated heterocycles. The highest BCUT2D eigenvalue weighted by molar-refractivity contribution is 7.88. The van der Waals surface area contributed by atoms with Crippen LogP contribution in [0.4, 0.5) is 0 Å². The summed E-state index contributed by atoms with van der Waals surface area (Å²) in [5.74, 6) is 0. The summed E-state index contributed by atoms with van der Waals surface area (Å²) < 4.78 is 0. The molecule has 27 heavy (non-hydrogen) atoms. The Morgan fingerprint density at radius 2 is 0.889 bits per heavy atom. The summed E-state index contributed by atoms with van der Waals surface area (Å²) in [5.41, 5.74) is 3.22. The number of benzene rings is 4. The first-order valence-corrected chi connectivity index (χ1v) is 10.3. The van der Waals surface area contributed by atoms with E-state index in [0.29, 0.717) is 0 Å². The van der Waals surface area contributed by atoms with Crippen LogP contribution in [0.5, 0.6) is 0 Å². The highest BCUT2D eigenvalue weighted by Crippen LogP contribution is 2.38. The molecule has 0 bridgehead atoms. The first-order valence-electron chi connectivity index (χ1n) is 8.93. The van der Waals surface area contributed by atoms with E-state index in [-0.39, 0.29) is 5.52 Å². The third-order valence-corrected chi connectivity index (χ3v) is 6.76. The van der Waals surface area contributed by atoms with Gasteiger partial charge in [0, 0.05) is 13.5 Å². The Bertz CT molecular complexity index is 971. The van der Waals surface area contributed by atoms with E-state index in [1.165, 1.54) is 0 Å². The molecule has 4 rings (SSSR count). The maximum atomic E-state index is 13.4. The lowest BCUT2D eigenvalue weighted by molar-refractivity contribution is 0.108. The molecule has 130 valence electrons. The van der Waals surface area contributed by atoms with Gasteiger partial charge in [-0.05, 0) is 21.7 Å². The van der Waals surface area contributed by atoms with Crippen LogP contribution in [-0.2, 0) is 0 Å². The molecule has 0 aromatic heterocycles. The van der Waals surface area contributed by atoms with Crippen LogP contribution in [0.25, 0.3) is 11.1 Å². The number of carbonyl (C=O) groups excluding carboxylic acids is 1. The van der Waals surface area contributed by atoms with Gasteiger partial charge in [-0.15, -0.1) is 0 Å². The van der Waals surface area contributed by atoms with E-state index in [4.69, 9.17) is 0 Å². The van der Waals surface area contributed by atoms with E-state index in [1.807, 2.05) is 78.9 Å². The molecule has 2 heteroatoms. The lowest BCUT2D eigenvalue weighted by Crippen LogP contribution is -2.18. The third kappa shape index (κ3) is 3.89. The highest BCUT2D eigenvalue weighted by Gasteiger charge is 2.23. The molecule has 0 spiro atoms. The highest BCUT2D eigenvalue weighted by atomic mass is 31.1. The van der Waals surface area contributed by atoms with E-state index >= 15 is 0 Å². The minimum Gasteiger partial charge on any atom is -0.288 e. The van der Waals surface area contributed by atoms with Crippen LogP contribution in [0.15, 0.2) is 115 Å². The fourth-order valence-electron chi connectivity index (χ4n) is 3.10. The van der Waals surface area contributed by atoms with Crippen LogP contribution >= 0.6 is 7.92 Å². The summed E-state index contributed by atoms with van der Waals surface area (Å²) in [4.78, 5) is 13.4. The monoisotopic (exact) mass is 366 g/mol. The Morgan fingerprint density at radius 1 is 0.481 bits per heavy atom. The molecular weight excluding hydrogens is 347 g/mol. The van der Waals surface area contributed by atoms with Gasteiger partial charge in [-0.1, -0.05) is 115 Å². The van der Waals surface area contributed by atoms with Crippen LogP contribution in [0, 0.1) is 0 Å². The number of hydrogen-bond donors (Lipinski definition) is 0. The van der Waals surface area contributed by atoms with Crippen molar-refractivity contribution in [3.05, 3.63) is 121 Å². The second kappa shape index (κ2) is 8.12. The molecule has 0 aliphatic heterocycles. The molecule has 0 heterocycles. The summed E-state index contributed by atoms with van der Waals surface area (Å²) in [7, 11) is -1.09. The molecule has 0 amide bonds. The Hall–Kier alpha value is -3.02. The molecule has 0 unspecified atom stereocenters. The predicted molar refractivity (Wildman–Crippen MR) is 115 cm³/mol. The zero-order chi connectivity index (χ0) is 18.5. The SMILES string of the molecule is O=C(c1ccc(-c2ccccc2)cc1)P(c1ccccc1)c1ccccc1. The maximum Gasteiger partial charge on any atom is 0.193 e. The van der Waals surface area contributed by atoms with Crippen LogP contribution in [0.3, 0.4) is 0 Å². The van der Waals surface area contributed by atoms with Crippen molar-refractivity contribution in [2.24, 2.45) is 0 Å². The van der Waals surface area contributed by atoms with Gasteiger partial charge in [0.1, 0.15) is 0 Å². The van der Waals surface area contributed by atoms with Crippen molar-refractivity contribution < 1.29 is 4.79 Å². The summed E-state index contributed by atoms with van der Waals surface area (Å²) in [5, 5.41) is 2.16. The second-order valence-electron chi connectivity index (χ2n) is 6.26. The topological polar surface area (TPSA) is 17.1 Å². The zero-order valence-corrected chi connectivity index (χ0v) is 15.7. The standard InChI is InChI=1S/C25H19OP/c26-25(22-18-16-21(17-19-22)20-10-4-1-5-11-20)27(23-12-6-2-7-13-23)24-14-8-3-9-15-24/h1-19H. The fraction of sp³-hybridized carbons (Fsp3) is 0. The molecule has 4 aromatic rings. The Balaban J connectivity index is 1.70. The van der Waals surface area contributed by atoms with Gasteiger partial charge in [-0.2, -0.15) is 0 Å². The van der Waals surface area contributed by atoms with Gasteiger partial charge in [-0.3, -0.25) is 4.79 Å². The first kappa shape index (κ1) is 17.4. The van der Waals surface area contributed by atoms with Crippen LogP contribution in [-0.4, -0.2) is 5.52 Å². The molecule has 4 aromatic carbocycles. The fourth-order valence-corrected chi connectivity index (χ4v) is 5.22. The van der Waals surface area contributed by atoms with Crippen LogP contribution < -0.4 is 10.6 Å². The lowest BCUT2D eigenvalue weighted by Gasteiger charge is -2.17. The van der Waals surface area contributed by atoms with Crippen LogP contribution in [0.2, 0.25) is 0 Å². The maximum absolute atomic E-state index is 13.4. The molecule has 0 fully saturated rings. The molecule has 0 saturated carbocycles. The average molecular weight is 366 g/mol. The van der Waals surface area contributed by atoms with Crippen molar-refractivity contribution in [1.29, 1.82) is 0 Å². The van der Waals surface area contributed by atoms with E-state index in [9.17, 15) is 4.79 Å². The largest absolute Gasteiger partial charge is 0.288 e. The predicted octanol–water partition coefficient (Wildman–Crippen LogP) is 5.63. The molecule has 0 aliphatic carbocycles. The first-order chi connectivity index (χ1) is 13.3. The summed E-state index contributed by atoms with van der Waals surface area (Å²) >= 11 is 0. The molecule has 0 atom stereocenters. The summed E-state index contributed by atoms with van der Waals surface area (Å²) in [6.45, 7) is 0. The molecular formula is C25H19OP. The van der Waals surface area contributed by atoms with Crippen LogP contribution in [0.1, 0.15) is 10.4 Å². The van der Waals surface area contributed by atoms with E-state index in [1.54, 1.807) is 0 Å². The Kier molecular flexibility index (Phi) is 5.23. The van der Waals surface area contributed by atoms with Gasteiger partial charge in [-0.25, -0.2) is 0 Å². The number of hydrogen-bond acceptors (Lipinski definition) is 1. The lowest BCUT2D eigenvalue weighted by atomic mass is 10.0. The van der Waals surface area contributed by atoms with Gasteiger partial charge < -0.3 is 0 Å². The summed E-state index contributed by atoms with van der Waals surface area (Å²) in [6, 6.07) is 38.4. The van der Waals surface area contributed by atoms with E-state index in [0.717, 1.165) is 27.3 Å². The normalized spacial score (nSPS) is 10.7. The quantitative estimate of drug-likeness (QED) is 0.419. The third-order valence-electron chi connectivity index (χ3n) is 4.47. The van der Waals surface area contributed by atoms with Crippen molar-refractivity contribution >= 4 is 24.1 Å². The van der Waals surface area contributed by atoms with E-state index in [2.05, 4.69) is 36.4 Å². The van der Waals surface area contributed by atoms with Crippen molar-refractivity contribution in [2.45, 2.75) is 0 Å². The zero-order valence-electron chi connectivity index (χ0n) is 14.8. The van der Waals surface area contributed by atoms with E-state index < -0.39 is 7.92 Å². The van der Waals surface area contributed by atoms with Crippen molar-refractivity contribution in [3.8, 4) is 11.1 Å². The van der Waals surface area contributed by atoms with Crippen molar-refractivity contribution in [3.63, 3.8) is 0 Å². The van der Waals surface area contributed by atoms with Gasteiger partial charge in [0.25, 0.3) is 0 Å². The van der Waals surface area contributed by atoms with Gasteiger partial charge in [0.2, 0.25) is 0 Å². The number of carbonyl (C=O) groups is 1. The van der Waals surface area contributed by atoms with Gasteiger partial charge >= 0.3 is 0 Å². The Labute approximate surface area is 161 Å². The average Bonchev–Trinajstić information content (AvgIpc) is 2.76. The summed E-state index contributed by atoms with van der Waals surface area (Å²) in [6.07, 6.45) is 0. The molecule has 0 aliphatic rings. The minimum atomic E-state index is -1.09. The van der Waals surface area contributed by atoms with Gasteiger partial charge in [0.05, 0.1) is 0 Å². The Morgan fingerprint density at radius 3 is 1.37 bits per heavy atom. The smallest absolute Gasteiger partial charge is 0.193 e. The number of rotatable bonds is 5. The van der Waals surface area contributed by atoms with Crippen molar-refractivity contribution in [2.75, 3.05) is 0 Å². The molecule has 1 nitrogen and oxygen atoms in total. The second-order valence-corrected chi connectivity index (χ2v) is 8.36. The molecule has 0 N–H and O–H groups in total. The van der Waals surface area contributed by atoms with Gasteiger partial charge in [0.15, 0.2) is 5.52 Å². The molecule has 0 radical (unpaired) electrons. The minimum absolute atomic E-state index is 0.182. The van der Waals surface area contributed by atoms with Crippen molar-refractivity contribution in [1.82, 2.24) is 0 Å².